The molecule has 0 heterocycles. The summed E-state index contributed by atoms with van der Waals surface area (Å²) >= 11 is 11.8. The molecule has 82 valence electrons. The molecule has 0 saturated heterocycles. The maximum atomic E-state index is 5.94. The van der Waals surface area contributed by atoms with Crippen molar-refractivity contribution in [3.8, 4) is 0 Å². The van der Waals surface area contributed by atoms with Crippen LogP contribution in [0.5, 0.6) is 0 Å². The number of hydrogen-bond donors (Lipinski definition) is 2. The molecule has 0 bridgehead atoms. The summed E-state index contributed by atoms with van der Waals surface area (Å²) in [6.07, 6.45) is 2.60. The predicted molar refractivity (Wildman–Crippen MR) is 66.7 cm³/mol. The molecule has 1 aromatic rings. The van der Waals surface area contributed by atoms with Crippen LogP contribution in [-0.4, -0.2) is 6.04 Å². The van der Waals surface area contributed by atoms with Gasteiger partial charge in [-0.2, -0.15) is 0 Å². The van der Waals surface area contributed by atoms with E-state index in [0.717, 1.165) is 11.6 Å². The molecule has 2 rings (SSSR count). The van der Waals surface area contributed by atoms with E-state index in [1.54, 1.807) is 12.1 Å². The largest absolute Gasteiger partial charge is 0.397 e. The zero-order valence-corrected chi connectivity index (χ0v) is 10.1. The van der Waals surface area contributed by atoms with E-state index >= 15 is 0 Å². The highest BCUT2D eigenvalue weighted by Gasteiger charge is 2.28. The molecule has 1 atom stereocenters. The first-order valence-electron chi connectivity index (χ1n) is 5.09. The van der Waals surface area contributed by atoms with Crippen LogP contribution >= 0.6 is 23.2 Å². The van der Waals surface area contributed by atoms with Crippen LogP contribution < -0.4 is 11.1 Å². The van der Waals surface area contributed by atoms with E-state index in [1.807, 2.05) is 0 Å². The minimum absolute atomic E-state index is 0.449. The second-order valence-corrected chi connectivity index (χ2v) is 4.94. The normalized spacial score (nSPS) is 17.5. The molecule has 3 N–H and O–H groups in total. The summed E-state index contributed by atoms with van der Waals surface area (Å²) in [4.78, 5) is 0. The van der Waals surface area contributed by atoms with E-state index in [2.05, 4.69) is 12.2 Å². The summed E-state index contributed by atoms with van der Waals surface area (Å²) in [6.45, 7) is 2.17. The molecule has 0 amide bonds. The molecule has 1 aromatic carbocycles. The lowest BCUT2D eigenvalue weighted by Crippen LogP contribution is -2.18. The zero-order chi connectivity index (χ0) is 11.0. The first-order valence-corrected chi connectivity index (χ1v) is 5.84. The van der Waals surface area contributed by atoms with Gasteiger partial charge in [0.05, 0.1) is 21.4 Å². The molecule has 2 nitrogen and oxygen atoms in total. The minimum Gasteiger partial charge on any atom is -0.397 e. The monoisotopic (exact) mass is 244 g/mol. The summed E-state index contributed by atoms with van der Waals surface area (Å²) < 4.78 is 0. The number of anilines is 2. The second-order valence-electron chi connectivity index (χ2n) is 4.12. The summed E-state index contributed by atoms with van der Waals surface area (Å²) in [5, 5.41) is 4.41. The van der Waals surface area contributed by atoms with Gasteiger partial charge in [-0.1, -0.05) is 23.2 Å². The number of hydrogen-bond acceptors (Lipinski definition) is 2. The highest BCUT2D eigenvalue weighted by molar-refractivity contribution is 6.42. The molecule has 1 aliphatic carbocycles. The van der Waals surface area contributed by atoms with Gasteiger partial charge in [0.1, 0.15) is 0 Å². The van der Waals surface area contributed by atoms with Gasteiger partial charge in [0.25, 0.3) is 0 Å². The Morgan fingerprint density at radius 1 is 1.33 bits per heavy atom. The Bertz CT molecular complexity index is 375. The van der Waals surface area contributed by atoms with Crippen molar-refractivity contribution >= 4 is 34.6 Å². The fourth-order valence-corrected chi connectivity index (χ4v) is 1.98. The third-order valence-electron chi connectivity index (χ3n) is 2.80. The highest BCUT2D eigenvalue weighted by Crippen LogP contribution is 2.36. The van der Waals surface area contributed by atoms with Gasteiger partial charge < -0.3 is 11.1 Å². The molecule has 0 spiro atoms. The van der Waals surface area contributed by atoms with Gasteiger partial charge >= 0.3 is 0 Å². The molecule has 0 aliphatic heterocycles. The van der Waals surface area contributed by atoms with Gasteiger partial charge in [-0.25, -0.2) is 0 Å². The summed E-state index contributed by atoms with van der Waals surface area (Å²) in [7, 11) is 0. The maximum absolute atomic E-state index is 5.94. The third-order valence-corrected chi connectivity index (χ3v) is 3.53. The van der Waals surface area contributed by atoms with Crippen molar-refractivity contribution in [3.05, 3.63) is 22.2 Å². The number of benzene rings is 1. The molecule has 1 fully saturated rings. The van der Waals surface area contributed by atoms with Crippen molar-refractivity contribution in [3.63, 3.8) is 0 Å². The number of nitrogens with two attached hydrogens (primary N) is 1. The Morgan fingerprint density at radius 2 is 1.93 bits per heavy atom. The molecule has 0 radical (unpaired) electrons. The average Bonchev–Trinajstić information content (AvgIpc) is 2.97. The van der Waals surface area contributed by atoms with E-state index in [9.17, 15) is 0 Å². The fraction of sp³-hybridized carbons (Fsp3) is 0.455. The Labute approximate surface area is 99.7 Å². The standard InChI is InChI=1S/C11H14Cl2N2/c1-6(7-2-3-7)15-11-5-9(13)8(12)4-10(11)14/h4-7,15H,2-3,14H2,1H3. The smallest absolute Gasteiger partial charge is 0.0614 e. The zero-order valence-electron chi connectivity index (χ0n) is 8.56. The number of nitrogens with one attached hydrogen (secondary N) is 1. The molecule has 0 aromatic heterocycles. The van der Waals surface area contributed by atoms with Crippen molar-refractivity contribution in [2.75, 3.05) is 11.1 Å². The molecular weight excluding hydrogens is 231 g/mol. The lowest BCUT2D eigenvalue weighted by molar-refractivity contribution is 0.694. The summed E-state index contributed by atoms with van der Waals surface area (Å²) in [5.41, 5.74) is 7.38. The second kappa shape index (κ2) is 4.11. The molecule has 1 unspecified atom stereocenters. The Morgan fingerprint density at radius 3 is 2.53 bits per heavy atom. The van der Waals surface area contributed by atoms with Gasteiger partial charge in [0.2, 0.25) is 0 Å². The van der Waals surface area contributed by atoms with Gasteiger partial charge in [0.15, 0.2) is 0 Å². The first-order chi connectivity index (χ1) is 7.08. The van der Waals surface area contributed by atoms with Crippen LogP contribution in [0.15, 0.2) is 12.1 Å². The van der Waals surface area contributed by atoms with Crippen molar-refractivity contribution in [1.29, 1.82) is 0 Å². The maximum Gasteiger partial charge on any atom is 0.0614 e. The molecule has 15 heavy (non-hydrogen) atoms. The van der Waals surface area contributed by atoms with E-state index in [0.29, 0.717) is 21.8 Å². The van der Waals surface area contributed by atoms with Crippen LogP contribution in [0.25, 0.3) is 0 Å². The first kappa shape index (κ1) is 10.9. The minimum atomic E-state index is 0.449. The van der Waals surface area contributed by atoms with Crippen LogP contribution in [0.2, 0.25) is 10.0 Å². The Balaban J connectivity index is 2.16. The highest BCUT2D eigenvalue weighted by atomic mass is 35.5. The van der Waals surface area contributed by atoms with Crippen molar-refractivity contribution in [2.45, 2.75) is 25.8 Å². The van der Waals surface area contributed by atoms with Crippen LogP contribution in [0, 0.1) is 5.92 Å². The summed E-state index contributed by atoms with van der Waals surface area (Å²) in [6, 6.07) is 3.92. The van der Waals surface area contributed by atoms with Crippen LogP contribution in [0.4, 0.5) is 11.4 Å². The average molecular weight is 245 g/mol. The van der Waals surface area contributed by atoms with Crippen LogP contribution in [0.3, 0.4) is 0 Å². The van der Waals surface area contributed by atoms with E-state index < -0.39 is 0 Å². The Hall–Kier alpha value is -0.600. The molecule has 4 heteroatoms. The molecule has 1 aliphatic rings. The van der Waals surface area contributed by atoms with E-state index in [-0.39, 0.29) is 0 Å². The number of nitrogen functional groups attached to an aromatic ring is 1. The van der Waals surface area contributed by atoms with Crippen molar-refractivity contribution in [1.82, 2.24) is 0 Å². The lowest BCUT2D eigenvalue weighted by Gasteiger charge is -2.16. The predicted octanol–water partition coefficient (Wildman–Crippen LogP) is 3.79. The summed E-state index contributed by atoms with van der Waals surface area (Å²) in [5.74, 6) is 0.777. The van der Waals surface area contributed by atoms with Crippen molar-refractivity contribution in [2.24, 2.45) is 5.92 Å². The van der Waals surface area contributed by atoms with Gasteiger partial charge in [-0.05, 0) is 37.8 Å². The van der Waals surface area contributed by atoms with Crippen LogP contribution in [-0.2, 0) is 0 Å². The van der Waals surface area contributed by atoms with Crippen LogP contribution in [0.1, 0.15) is 19.8 Å². The van der Waals surface area contributed by atoms with Gasteiger partial charge in [0, 0.05) is 6.04 Å². The SMILES string of the molecule is CC(Nc1cc(Cl)c(Cl)cc1N)C1CC1. The van der Waals surface area contributed by atoms with E-state index in [4.69, 9.17) is 28.9 Å². The lowest BCUT2D eigenvalue weighted by atomic mass is 10.2. The van der Waals surface area contributed by atoms with E-state index in [1.165, 1.54) is 12.8 Å². The third kappa shape index (κ3) is 2.50. The molecular formula is C11H14Cl2N2. The van der Waals surface area contributed by atoms with Crippen molar-refractivity contribution < 1.29 is 0 Å². The van der Waals surface area contributed by atoms with Gasteiger partial charge in [-0.3, -0.25) is 0 Å². The quantitative estimate of drug-likeness (QED) is 0.795. The fourth-order valence-electron chi connectivity index (χ4n) is 1.65. The molecule has 1 saturated carbocycles. The van der Waals surface area contributed by atoms with Gasteiger partial charge in [-0.15, -0.1) is 0 Å². The topological polar surface area (TPSA) is 38.0 Å². The number of halogens is 2. The Kier molecular flexibility index (Phi) is 2.98. The number of rotatable bonds is 3.